The number of methoxy groups -OCH3 is 1. The standard InChI is InChI=1S/C12H18O7P/c1-4-6-17-11(13)8-10(12(14)18-7-5-2)19-20(15)9-16-3/h4-5,10H,1-2,6-9H2,3H3/q+1. The molecule has 0 fully saturated rings. The maximum absolute atomic E-state index is 11.7. The van der Waals surface area contributed by atoms with Crippen LogP contribution >= 0.6 is 8.03 Å². The van der Waals surface area contributed by atoms with Crippen molar-refractivity contribution >= 4 is 20.0 Å². The largest absolute Gasteiger partial charge is 0.537 e. The van der Waals surface area contributed by atoms with E-state index < -0.39 is 32.5 Å². The normalized spacial score (nSPS) is 12.2. The summed E-state index contributed by atoms with van der Waals surface area (Å²) in [6.07, 6.45) is 0.831. The van der Waals surface area contributed by atoms with E-state index in [-0.39, 0.29) is 19.6 Å². The van der Waals surface area contributed by atoms with E-state index in [1.165, 1.54) is 19.3 Å². The van der Waals surface area contributed by atoms with E-state index in [2.05, 4.69) is 17.9 Å². The third-order valence-electron chi connectivity index (χ3n) is 1.80. The lowest BCUT2D eigenvalue weighted by atomic mass is 10.2. The van der Waals surface area contributed by atoms with E-state index in [1.807, 2.05) is 0 Å². The molecule has 0 bridgehead atoms. The van der Waals surface area contributed by atoms with Crippen LogP contribution < -0.4 is 0 Å². The first-order valence-corrected chi connectivity index (χ1v) is 7.05. The molecule has 0 radical (unpaired) electrons. The van der Waals surface area contributed by atoms with E-state index >= 15 is 0 Å². The average Bonchev–Trinajstić information content (AvgIpc) is 2.42. The summed E-state index contributed by atoms with van der Waals surface area (Å²) < 4.78 is 30.5. The maximum Gasteiger partial charge on any atom is 0.537 e. The molecule has 0 aliphatic carbocycles. The Morgan fingerprint density at radius 3 is 2.35 bits per heavy atom. The maximum atomic E-state index is 11.7. The molecule has 0 aliphatic rings. The predicted molar refractivity (Wildman–Crippen MR) is 71.3 cm³/mol. The summed E-state index contributed by atoms with van der Waals surface area (Å²) in [6.45, 7) is 6.74. The monoisotopic (exact) mass is 305 g/mol. The molecule has 0 spiro atoms. The Hall–Kier alpha value is -1.56. The van der Waals surface area contributed by atoms with Gasteiger partial charge < -0.3 is 14.2 Å². The summed E-state index contributed by atoms with van der Waals surface area (Å²) in [4.78, 5) is 23.1. The molecule has 0 rings (SSSR count). The summed E-state index contributed by atoms with van der Waals surface area (Å²) >= 11 is 0. The van der Waals surface area contributed by atoms with E-state index in [9.17, 15) is 14.2 Å². The van der Waals surface area contributed by atoms with Crippen LogP contribution in [0.25, 0.3) is 0 Å². The second kappa shape index (κ2) is 11.3. The van der Waals surface area contributed by atoms with Crippen molar-refractivity contribution in [3.63, 3.8) is 0 Å². The Morgan fingerprint density at radius 1 is 1.20 bits per heavy atom. The van der Waals surface area contributed by atoms with E-state index in [0.717, 1.165) is 0 Å². The molecule has 20 heavy (non-hydrogen) atoms. The van der Waals surface area contributed by atoms with Crippen molar-refractivity contribution in [2.45, 2.75) is 12.5 Å². The van der Waals surface area contributed by atoms with Crippen LogP contribution in [-0.4, -0.2) is 44.7 Å². The fourth-order valence-corrected chi connectivity index (χ4v) is 1.75. The number of ether oxygens (including phenoxy) is 3. The molecule has 0 heterocycles. The van der Waals surface area contributed by atoms with Gasteiger partial charge in [-0.2, -0.15) is 0 Å². The van der Waals surface area contributed by atoms with Gasteiger partial charge in [0, 0.05) is 7.11 Å². The van der Waals surface area contributed by atoms with Crippen LogP contribution in [0.1, 0.15) is 6.42 Å². The van der Waals surface area contributed by atoms with Gasteiger partial charge in [-0.1, -0.05) is 25.3 Å². The van der Waals surface area contributed by atoms with E-state index in [4.69, 9.17) is 14.0 Å². The quantitative estimate of drug-likeness (QED) is 0.325. The van der Waals surface area contributed by atoms with Gasteiger partial charge in [0.1, 0.15) is 13.2 Å². The van der Waals surface area contributed by atoms with Crippen molar-refractivity contribution < 1.29 is 32.9 Å². The number of hydrogen-bond donors (Lipinski definition) is 0. The lowest BCUT2D eigenvalue weighted by Gasteiger charge is -2.09. The number of hydrogen-bond acceptors (Lipinski definition) is 7. The summed E-state index contributed by atoms with van der Waals surface area (Å²) in [5.41, 5.74) is 0. The highest BCUT2D eigenvalue weighted by Gasteiger charge is 2.34. The van der Waals surface area contributed by atoms with Gasteiger partial charge in [0.05, 0.1) is 6.42 Å². The predicted octanol–water partition coefficient (Wildman–Crippen LogP) is 1.57. The van der Waals surface area contributed by atoms with Crippen molar-refractivity contribution in [1.29, 1.82) is 0 Å². The fourth-order valence-electron chi connectivity index (χ4n) is 1.04. The Morgan fingerprint density at radius 2 is 1.80 bits per heavy atom. The lowest BCUT2D eigenvalue weighted by Crippen LogP contribution is -2.28. The van der Waals surface area contributed by atoms with Crippen LogP contribution in [0.15, 0.2) is 25.3 Å². The molecule has 7 nitrogen and oxygen atoms in total. The highest BCUT2D eigenvalue weighted by atomic mass is 31.1. The molecule has 0 saturated heterocycles. The molecule has 0 N–H and O–H groups in total. The minimum Gasteiger partial charge on any atom is -0.461 e. The first kappa shape index (κ1) is 18.4. The summed E-state index contributed by atoms with van der Waals surface area (Å²) in [5, 5.41) is 0. The van der Waals surface area contributed by atoms with Crippen molar-refractivity contribution in [3.05, 3.63) is 25.3 Å². The molecule has 0 saturated carbocycles. The molecule has 8 heteroatoms. The van der Waals surface area contributed by atoms with Gasteiger partial charge >= 0.3 is 20.0 Å². The molecule has 0 aliphatic heterocycles. The van der Waals surface area contributed by atoms with E-state index in [0.29, 0.717) is 0 Å². The number of rotatable bonds is 11. The van der Waals surface area contributed by atoms with Gasteiger partial charge in [-0.3, -0.25) is 4.79 Å². The van der Waals surface area contributed by atoms with Crippen LogP contribution in [0.2, 0.25) is 0 Å². The minimum absolute atomic E-state index is 0.0114. The van der Waals surface area contributed by atoms with Crippen LogP contribution in [-0.2, 0) is 32.9 Å². The number of carbonyl (C=O) groups is 2. The lowest BCUT2D eigenvalue weighted by molar-refractivity contribution is -0.157. The molecule has 0 aromatic carbocycles. The Bertz CT molecular complexity index is 367. The zero-order chi connectivity index (χ0) is 15.4. The summed E-state index contributed by atoms with van der Waals surface area (Å²) in [7, 11) is -0.904. The second-order valence-corrected chi connectivity index (χ2v) is 4.57. The minimum atomic E-state index is -2.24. The number of esters is 2. The molecule has 0 amide bonds. The number of carbonyl (C=O) groups excluding carboxylic acids is 2. The van der Waals surface area contributed by atoms with Crippen LogP contribution in [0.3, 0.4) is 0 Å². The van der Waals surface area contributed by atoms with Gasteiger partial charge in [-0.15, -0.1) is 4.52 Å². The Kier molecular flexibility index (Phi) is 10.4. The molecule has 2 unspecified atom stereocenters. The topological polar surface area (TPSA) is 88.1 Å². The molecule has 0 aromatic rings. The molecular weight excluding hydrogens is 287 g/mol. The van der Waals surface area contributed by atoms with Crippen molar-refractivity contribution in [1.82, 2.24) is 0 Å². The molecular formula is C12H18O7P+. The highest BCUT2D eigenvalue weighted by molar-refractivity contribution is 7.38. The Balaban J connectivity index is 4.55. The smallest absolute Gasteiger partial charge is 0.461 e. The molecule has 2 atom stereocenters. The summed E-state index contributed by atoms with van der Waals surface area (Å²) in [5.74, 6) is -1.51. The van der Waals surface area contributed by atoms with Gasteiger partial charge in [-0.05, 0) is 4.57 Å². The third-order valence-corrected chi connectivity index (χ3v) is 2.76. The zero-order valence-corrected chi connectivity index (χ0v) is 12.2. The van der Waals surface area contributed by atoms with E-state index in [1.54, 1.807) is 0 Å². The summed E-state index contributed by atoms with van der Waals surface area (Å²) in [6, 6.07) is 0. The van der Waals surface area contributed by atoms with Crippen molar-refractivity contribution in [2.75, 3.05) is 26.7 Å². The van der Waals surface area contributed by atoms with Crippen LogP contribution in [0.4, 0.5) is 0 Å². The van der Waals surface area contributed by atoms with Crippen LogP contribution in [0.5, 0.6) is 0 Å². The van der Waals surface area contributed by atoms with Gasteiger partial charge in [-0.25, -0.2) is 4.79 Å². The fraction of sp³-hybridized carbons (Fsp3) is 0.500. The highest BCUT2D eigenvalue weighted by Crippen LogP contribution is 2.26. The molecule has 112 valence electrons. The Labute approximate surface area is 118 Å². The third kappa shape index (κ3) is 8.53. The molecule has 0 aromatic heterocycles. The zero-order valence-electron chi connectivity index (χ0n) is 11.3. The second-order valence-electron chi connectivity index (χ2n) is 3.44. The van der Waals surface area contributed by atoms with Crippen molar-refractivity contribution in [3.8, 4) is 0 Å². The van der Waals surface area contributed by atoms with Crippen LogP contribution in [0, 0.1) is 0 Å². The van der Waals surface area contributed by atoms with Gasteiger partial charge in [0.2, 0.25) is 6.10 Å². The van der Waals surface area contributed by atoms with Crippen molar-refractivity contribution in [2.24, 2.45) is 0 Å². The first-order chi connectivity index (χ1) is 9.54. The van der Waals surface area contributed by atoms with Gasteiger partial charge in [0.15, 0.2) is 0 Å². The average molecular weight is 305 g/mol. The van der Waals surface area contributed by atoms with Gasteiger partial charge in [0.25, 0.3) is 6.35 Å². The first-order valence-electron chi connectivity index (χ1n) is 5.69. The SMILES string of the molecule is C=CCOC(=O)CC(O[P+](=O)COC)C(=O)OCC=C.